The molecule has 7 heteroatoms. The number of amides is 2. The van der Waals surface area contributed by atoms with Crippen LogP contribution in [0.2, 0.25) is 0 Å². The first-order valence-electron chi connectivity index (χ1n) is 6.57. The van der Waals surface area contributed by atoms with Crippen LogP contribution in [0.4, 0.5) is 5.69 Å². The standard InChI is InChI=1S/C14H18N4O2S/c1-4-18(8-11(19)17(2)3)14(20)13-12(15)9-5-6-16-7-10(9)21-13/h5-7H,4,8,15H2,1-3H3. The number of pyridine rings is 1. The molecule has 2 N–H and O–H groups in total. The third-order valence-electron chi connectivity index (χ3n) is 3.22. The summed E-state index contributed by atoms with van der Waals surface area (Å²) in [7, 11) is 3.33. The molecule has 2 heterocycles. The fraction of sp³-hybridized carbons (Fsp3) is 0.357. The average molecular weight is 306 g/mol. The van der Waals surface area contributed by atoms with Crippen molar-refractivity contribution in [1.82, 2.24) is 14.8 Å². The molecule has 6 nitrogen and oxygen atoms in total. The SMILES string of the molecule is CCN(CC(=O)N(C)C)C(=O)c1sc2cnccc2c1N. The molecule has 0 saturated carbocycles. The lowest BCUT2D eigenvalue weighted by atomic mass is 10.2. The molecule has 0 aliphatic rings. The maximum atomic E-state index is 12.6. The Morgan fingerprint density at radius 1 is 1.38 bits per heavy atom. The number of rotatable bonds is 4. The lowest BCUT2D eigenvalue weighted by Gasteiger charge is -2.21. The van der Waals surface area contributed by atoms with Crippen molar-refractivity contribution < 1.29 is 9.59 Å². The topological polar surface area (TPSA) is 79.5 Å². The summed E-state index contributed by atoms with van der Waals surface area (Å²) in [6.07, 6.45) is 3.33. The van der Waals surface area contributed by atoms with Gasteiger partial charge in [-0.05, 0) is 13.0 Å². The highest BCUT2D eigenvalue weighted by atomic mass is 32.1. The molecule has 21 heavy (non-hydrogen) atoms. The molecule has 0 fully saturated rings. The summed E-state index contributed by atoms with van der Waals surface area (Å²) in [4.78, 5) is 31.8. The Morgan fingerprint density at radius 2 is 2.10 bits per heavy atom. The number of carbonyl (C=O) groups excluding carboxylic acids is 2. The second-order valence-electron chi connectivity index (χ2n) is 4.82. The normalized spacial score (nSPS) is 10.6. The predicted octanol–water partition coefficient (Wildman–Crippen LogP) is 1.43. The summed E-state index contributed by atoms with van der Waals surface area (Å²) in [6, 6.07) is 1.79. The number of likely N-dealkylation sites (N-methyl/N-ethyl adjacent to an activating group) is 2. The van der Waals surface area contributed by atoms with Crippen LogP contribution in [-0.2, 0) is 4.79 Å². The average Bonchev–Trinajstić information content (AvgIpc) is 2.81. The number of aromatic nitrogens is 1. The summed E-state index contributed by atoms with van der Waals surface area (Å²) >= 11 is 1.31. The molecule has 0 aliphatic heterocycles. The summed E-state index contributed by atoms with van der Waals surface area (Å²) < 4.78 is 0.869. The highest BCUT2D eigenvalue weighted by Gasteiger charge is 2.23. The van der Waals surface area contributed by atoms with Gasteiger partial charge in [-0.3, -0.25) is 14.6 Å². The van der Waals surface area contributed by atoms with Gasteiger partial charge >= 0.3 is 0 Å². The number of hydrogen-bond acceptors (Lipinski definition) is 5. The fourth-order valence-electron chi connectivity index (χ4n) is 1.91. The lowest BCUT2D eigenvalue weighted by Crippen LogP contribution is -2.40. The second kappa shape index (κ2) is 6.09. The molecule has 2 rings (SSSR count). The lowest BCUT2D eigenvalue weighted by molar-refractivity contribution is -0.129. The van der Waals surface area contributed by atoms with Gasteiger partial charge in [0.25, 0.3) is 5.91 Å². The molecule has 0 saturated heterocycles. The molecule has 0 bridgehead atoms. The van der Waals surface area contributed by atoms with E-state index in [-0.39, 0.29) is 18.4 Å². The van der Waals surface area contributed by atoms with Gasteiger partial charge in [-0.2, -0.15) is 0 Å². The zero-order valence-electron chi connectivity index (χ0n) is 12.3. The van der Waals surface area contributed by atoms with E-state index < -0.39 is 0 Å². The number of anilines is 1. The van der Waals surface area contributed by atoms with Gasteiger partial charge in [-0.1, -0.05) is 0 Å². The fourth-order valence-corrected chi connectivity index (χ4v) is 2.96. The van der Waals surface area contributed by atoms with Crippen LogP contribution in [0.25, 0.3) is 10.1 Å². The van der Waals surface area contributed by atoms with Crippen molar-refractivity contribution in [3.05, 3.63) is 23.3 Å². The van der Waals surface area contributed by atoms with Crippen LogP contribution < -0.4 is 5.73 Å². The van der Waals surface area contributed by atoms with Crippen molar-refractivity contribution in [1.29, 1.82) is 0 Å². The van der Waals surface area contributed by atoms with E-state index in [2.05, 4.69) is 4.98 Å². The number of nitrogen functional groups attached to an aromatic ring is 1. The van der Waals surface area contributed by atoms with Gasteiger partial charge in [0, 0.05) is 38.4 Å². The number of hydrogen-bond donors (Lipinski definition) is 1. The molecule has 0 aliphatic carbocycles. The van der Waals surface area contributed by atoms with E-state index in [4.69, 9.17) is 5.73 Å². The predicted molar refractivity (Wildman–Crippen MR) is 84.3 cm³/mol. The molecule has 0 radical (unpaired) electrons. The molecule has 2 amide bonds. The van der Waals surface area contributed by atoms with E-state index in [0.29, 0.717) is 17.1 Å². The Labute approximate surface area is 127 Å². The number of thiophene rings is 1. The van der Waals surface area contributed by atoms with Crippen LogP contribution in [0, 0.1) is 0 Å². The number of nitrogens with two attached hydrogens (primary N) is 1. The van der Waals surface area contributed by atoms with Crippen molar-refractivity contribution in [2.24, 2.45) is 0 Å². The number of nitrogens with zero attached hydrogens (tertiary/aromatic N) is 3. The molecular weight excluding hydrogens is 288 g/mol. The highest BCUT2D eigenvalue weighted by Crippen LogP contribution is 2.33. The van der Waals surface area contributed by atoms with Gasteiger partial charge in [0.15, 0.2) is 0 Å². The summed E-state index contributed by atoms with van der Waals surface area (Å²) in [5.74, 6) is -0.335. The van der Waals surface area contributed by atoms with Crippen molar-refractivity contribution >= 4 is 38.9 Å². The quantitative estimate of drug-likeness (QED) is 0.926. The highest BCUT2D eigenvalue weighted by molar-refractivity contribution is 7.21. The largest absolute Gasteiger partial charge is 0.397 e. The van der Waals surface area contributed by atoms with Crippen LogP contribution in [0.3, 0.4) is 0 Å². The zero-order chi connectivity index (χ0) is 15.6. The molecule has 0 spiro atoms. The van der Waals surface area contributed by atoms with Gasteiger partial charge in [0.2, 0.25) is 5.91 Å². The second-order valence-corrected chi connectivity index (χ2v) is 5.88. The molecular formula is C14H18N4O2S. The minimum atomic E-state index is -0.216. The van der Waals surface area contributed by atoms with Crippen molar-refractivity contribution in [3.8, 4) is 0 Å². The summed E-state index contributed by atoms with van der Waals surface area (Å²) in [5, 5.41) is 0.827. The minimum absolute atomic E-state index is 0.0499. The van der Waals surface area contributed by atoms with Crippen LogP contribution in [0.5, 0.6) is 0 Å². The van der Waals surface area contributed by atoms with Crippen LogP contribution >= 0.6 is 11.3 Å². The molecule has 2 aromatic rings. The van der Waals surface area contributed by atoms with Crippen molar-refractivity contribution in [2.75, 3.05) is 32.9 Å². The first kappa shape index (κ1) is 15.2. The maximum absolute atomic E-state index is 12.6. The third kappa shape index (κ3) is 2.97. The van der Waals surface area contributed by atoms with E-state index in [0.717, 1.165) is 10.1 Å². The molecule has 0 unspecified atom stereocenters. The van der Waals surface area contributed by atoms with E-state index in [9.17, 15) is 9.59 Å². The number of carbonyl (C=O) groups is 2. The van der Waals surface area contributed by atoms with E-state index >= 15 is 0 Å². The Balaban J connectivity index is 2.31. The van der Waals surface area contributed by atoms with Crippen molar-refractivity contribution in [2.45, 2.75) is 6.92 Å². The molecule has 2 aromatic heterocycles. The monoisotopic (exact) mass is 306 g/mol. The van der Waals surface area contributed by atoms with Crippen LogP contribution in [0.15, 0.2) is 18.5 Å². The molecule has 112 valence electrons. The van der Waals surface area contributed by atoms with Gasteiger partial charge in [-0.15, -0.1) is 11.3 Å². The first-order chi connectivity index (χ1) is 9.95. The Morgan fingerprint density at radius 3 is 2.67 bits per heavy atom. The van der Waals surface area contributed by atoms with E-state index in [1.165, 1.54) is 21.1 Å². The smallest absolute Gasteiger partial charge is 0.266 e. The van der Waals surface area contributed by atoms with Crippen LogP contribution in [0.1, 0.15) is 16.6 Å². The minimum Gasteiger partial charge on any atom is -0.397 e. The Kier molecular flexibility index (Phi) is 4.42. The molecule has 0 atom stereocenters. The summed E-state index contributed by atoms with van der Waals surface area (Å²) in [5.41, 5.74) is 6.52. The third-order valence-corrected chi connectivity index (χ3v) is 4.36. The number of fused-ring (bicyclic) bond motifs is 1. The first-order valence-corrected chi connectivity index (χ1v) is 7.38. The van der Waals surface area contributed by atoms with Gasteiger partial charge < -0.3 is 15.5 Å². The maximum Gasteiger partial charge on any atom is 0.266 e. The van der Waals surface area contributed by atoms with E-state index in [1.807, 2.05) is 6.92 Å². The van der Waals surface area contributed by atoms with Crippen LogP contribution in [-0.4, -0.2) is 53.8 Å². The van der Waals surface area contributed by atoms with Gasteiger partial charge in [-0.25, -0.2) is 0 Å². The summed E-state index contributed by atoms with van der Waals surface area (Å²) in [6.45, 7) is 2.34. The molecule has 0 aromatic carbocycles. The zero-order valence-corrected chi connectivity index (χ0v) is 13.1. The van der Waals surface area contributed by atoms with Gasteiger partial charge in [0.1, 0.15) is 11.4 Å². The Bertz CT molecular complexity index is 681. The van der Waals surface area contributed by atoms with Crippen molar-refractivity contribution in [3.63, 3.8) is 0 Å². The van der Waals surface area contributed by atoms with E-state index in [1.54, 1.807) is 32.6 Å². The Hall–Kier alpha value is -2.15. The van der Waals surface area contributed by atoms with Gasteiger partial charge in [0.05, 0.1) is 10.4 Å².